The largest absolute Gasteiger partial charge is 0.321 e. The molecule has 0 saturated heterocycles. The Morgan fingerprint density at radius 3 is 2.34 bits per heavy atom. The number of benzene rings is 2. The molecule has 0 unspecified atom stereocenters. The lowest BCUT2D eigenvalue weighted by atomic mass is 9.95. The number of hydrogen-bond donors (Lipinski definition) is 1. The summed E-state index contributed by atoms with van der Waals surface area (Å²) in [6.07, 6.45) is 5.07. The number of sulfonamides is 1. The highest BCUT2D eigenvalue weighted by Gasteiger charge is 2.31. The zero-order valence-corrected chi connectivity index (χ0v) is 18.5. The highest BCUT2D eigenvalue weighted by molar-refractivity contribution is 7.89. The maximum Gasteiger partial charge on any atom is 0.255 e. The Kier molecular flexibility index (Phi) is 7.22. The minimum absolute atomic E-state index is 0.0479. The molecule has 1 amide bonds. The molecule has 0 aromatic heterocycles. The molecule has 0 aliphatic heterocycles. The van der Waals surface area contributed by atoms with Crippen LogP contribution in [0.25, 0.3) is 0 Å². The van der Waals surface area contributed by atoms with E-state index in [1.165, 1.54) is 24.3 Å². The van der Waals surface area contributed by atoms with Crippen LogP contribution in [0.5, 0.6) is 0 Å². The van der Waals surface area contributed by atoms with Crippen molar-refractivity contribution in [3.8, 4) is 0 Å². The van der Waals surface area contributed by atoms with Crippen molar-refractivity contribution in [3.05, 3.63) is 58.1 Å². The zero-order valence-electron chi connectivity index (χ0n) is 16.2. The molecule has 156 valence electrons. The lowest BCUT2D eigenvalue weighted by molar-refractivity contribution is 0.102. The fourth-order valence-corrected chi connectivity index (χ4v) is 5.73. The molecule has 0 radical (unpaired) electrons. The Morgan fingerprint density at radius 2 is 1.72 bits per heavy atom. The van der Waals surface area contributed by atoms with Crippen LogP contribution in [0.1, 0.15) is 49.4 Å². The monoisotopic (exact) mass is 454 g/mol. The van der Waals surface area contributed by atoms with E-state index in [1.54, 1.807) is 22.5 Å². The van der Waals surface area contributed by atoms with Crippen molar-refractivity contribution in [1.82, 2.24) is 4.31 Å². The molecular weight excluding hydrogens is 431 g/mol. The van der Waals surface area contributed by atoms with Crippen molar-refractivity contribution >= 4 is 44.8 Å². The molecule has 5 nitrogen and oxygen atoms in total. The van der Waals surface area contributed by atoms with Gasteiger partial charge in [0.2, 0.25) is 10.0 Å². The molecule has 29 heavy (non-hydrogen) atoms. The zero-order chi connectivity index (χ0) is 21.0. The summed E-state index contributed by atoms with van der Waals surface area (Å²) < 4.78 is 27.8. The third-order valence-corrected chi connectivity index (χ3v) is 7.80. The van der Waals surface area contributed by atoms with Crippen molar-refractivity contribution in [1.29, 1.82) is 0 Å². The predicted molar refractivity (Wildman–Crippen MR) is 117 cm³/mol. The second kappa shape index (κ2) is 9.47. The summed E-state index contributed by atoms with van der Waals surface area (Å²) in [4.78, 5) is 12.7. The lowest BCUT2D eigenvalue weighted by Crippen LogP contribution is -2.41. The van der Waals surface area contributed by atoms with Gasteiger partial charge >= 0.3 is 0 Å². The van der Waals surface area contributed by atoms with E-state index in [2.05, 4.69) is 5.32 Å². The van der Waals surface area contributed by atoms with Gasteiger partial charge in [0.1, 0.15) is 0 Å². The van der Waals surface area contributed by atoms with Gasteiger partial charge in [0.15, 0.2) is 0 Å². The smallest absolute Gasteiger partial charge is 0.255 e. The molecule has 8 heteroatoms. The maximum atomic E-state index is 13.1. The molecule has 0 bridgehead atoms. The Morgan fingerprint density at radius 1 is 1.07 bits per heavy atom. The summed E-state index contributed by atoms with van der Waals surface area (Å²) in [5, 5.41) is 3.52. The van der Waals surface area contributed by atoms with Crippen LogP contribution in [0.4, 0.5) is 5.69 Å². The van der Waals surface area contributed by atoms with Crippen LogP contribution in [0.3, 0.4) is 0 Å². The predicted octanol–water partition coefficient (Wildman–Crippen LogP) is 5.59. The quantitative estimate of drug-likeness (QED) is 0.618. The number of nitrogens with zero attached hydrogens (tertiary/aromatic N) is 1. The van der Waals surface area contributed by atoms with Gasteiger partial charge in [-0.2, -0.15) is 4.31 Å². The number of anilines is 1. The Labute approximate surface area is 182 Å². The molecule has 0 spiro atoms. The van der Waals surface area contributed by atoms with E-state index in [9.17, 15) is 13.2 Å². The van der Waals surface area contributed by atoms with Crippen molar-refractivity contribution in [2.24, 2.45) is 0 Å². The molecular formula is C21H24Cl2N2O3S. The average molecular weight is 455 g/mol. The van der Waals surface area contributed by atoms with E-state index in [-0.39, 0.29) is 10.9 Å². The fraction of sp³-hybridized carbons (Fsp3) is 0.381. The van der Waals surface area contributed by atoms with Crippen LogP contribution in [0.2, 0.25) is 10.0 Å². The molecule has 0 atom stereocenters. The first kappa shape index (κ1) is 22.1. The number of amides is 1. The maximum absolute atomic E-state index is 13.1. The summed E-state index contributed by atoms with van der Waals surface area (Å²) >= 11 is 12.0. The van der Waals surface area contributed by atoms with Crippen molar-refractivity contribution in [2.75, 3.05) is 11.9 Å². The number of rotatable bonds is 6. The SMILES string of the molecule is CCN(C1CCCCC1)S(=O)(=O)c1ccc(C(=O)Nc2cc(Cl)ccc2Cl)cc1. The first-order valence-electron chi connectivity index (χ1n) is 9.71. The molecule has 1 N–H and O–H groups in total. The van der Waals surface area contributed by atoms with Crippen LogP contribution >= 0.6 is 23.2 Å². The van der Waals surface area contributed by atoms with E-state index in [4.69, 9.17) is 23.2 Å². The van der Waals surface area contributed by atoms with Crippen molar-refractivity contribution in [2.45, 2.75) is 50.0 Å². The first-order chi connectivity index (χ1) is 13.8. The van der Waals surface area contributed by atoms with E-state index in [0.717, 1.165) is 32.1 Å². The number of nitrogens with one attached hydrogen (secondary N) is 1. The van der Waals surface area contributed by atoms with Crippen LogP contribution in [-0.4, -0.2) is 31.2 Å². The Hall–Kier alpha value is -1.60. The standard InChI is InChI=1S/C21H24Cl2N2O3S/c1-2-25(17-6-4-3-5-7-17)29(27,28)18-11-8-15(9-12-18)21(26)24-20-14-16(22)10-13-19(20)23/h8-14,17H,2-7H2,1H3,(H,24,26). The van der Waals surface area contributed by atoms with Gasteiger partial charge < -0.3 is 5.32 Å². The third kappa shape index (κ3) is 5.12. The number of hydrogen-bond acceptors (Lipinski definition) is 3. The third-order valence-electron chi connectivity index (χ3n) is 5.19. The van der Waals surface area contributed by atoms with Gasteiger partial charge in [0.05, 0.1) is 15.6 Å². The molecule has 1 fully saturated rings. The minimum atomic E-state index is -3.60. The van der Waals surface area contributed by atoms with Gasteiger partial charge in [0.25, 0.3) is 5.91 Å². The summed E-state index contributed by atoms with van der Waals surface area (Å²) in [7, 11) is -3.60. The van der Waals surface area contributed by atoms with Crippen LogP contribution < -0.4 is 5.32 Å². The number of halogens is 2. The summed E-state index contributed by atoms with van der Waals surface area (Å²) in [5.41, 5.74) is 0.732. The molecule has 1 aliphatic rings. The van der Waals surface area contributed by atoms with Crippen LogP contribution in [0, 0.1) is 0 Å². The first-order valence-corrected chi connectivity index (χ1v) is 11.9. The van der Waals surface area contributed by atoms with Gasteiger partial charge in [-0.15, -0.1) is 0 Å². The summed E-state index contributed by atoms with van der Waals surface area (Å²) in [6.45, 7) is 2.30. The van der Waals surface area contributed by atoms with E-state index in [1.807, 2.05) is 6.92 Å². The topological polar surface area (TPSA) is 66.5 Å². The lowest BCUT2D eigenvalue weighted by Gasteiger charge is -2.32. The van der Waals surface area contributed by atoms with Crippen molar-refractivity contribution in [3.63, 3.8) is 0 Å². The number of carbonyl (C=O) groups excluding carboxylic acids is 1. The minimum Gasteiger partial charge on any atom is -0.321 e. The fourth-order valence-electron chi connectivity index (χ4n) is 3.69. The molecule has 0 heterocycles. The van der Waals surface area contributed by atoms with Crippen LogP contribution in [0.15, 0.2) is 47.4 Å². The van der Waals surface area contributed by atoms with E-state index >= 15 is 0 Å². The summed E-state index contributed by atoms with van der Waals surface area (Å²) in [6, 6.07) is 10.8. The number of carbonyl (C=O) groups is 1. The molecule has 1 saturated carbocycles. The molecule has 1 aliphatic carbocycles. The van der Waals surface area contributed by atoms with Gasteiger partial charge in [-0.3, -0.25) is 4.79 Å². The van der Waals surface area contributed by atoms with E-state index in [0.29, 0.717) is 27.8 Å². The Balaban J connectivity index is 1.77. The second-order valence-electron chi connectivity index (χ2n) is 7.10. The molecule has 2 aromatic rings. The second-order valence-corrected chi connectivity index (χ2v) is 9.84. The van der Waals surface area contributed by atoms with Crippen molar-refractivity contribution < 1.29 is 13.2 Å². The van der Waals surface area contributed by atoms with E-state index < -0.39 is 15.9 Å². The van der Waals surface area contributed by atoms with Gasteiger partial charge in [-0.1, -0.05) is 49.4 Å². The van der Waals surface area contributed by atoms with Crippen LogP contribution in [-0.2, 0) is 10.0 Å². The Bertz CT molecular complexity index is 972. The average Bonchev–Trinajstić information content (AvgIpc) is 2.72. The highest BCUT2D eigenvalue weighted by atomic mass is 35.5. The van der Waals surface area contributed by atoms with Gasteiger partial charge in [-0.05, 0) is 55.3 Å². The highest BCUT2D eigenvalue weighted by Crippen LogP contribution is 2.28. The molecule has 3 rings (SSSR count). The normalized spacial score (nSPS) is 15.4. The summed E-state index contributed by atoms with van der Waals surface area (Å²) in [5.74, 6) is -0.391. The molecule has 2 aromatic carbocycles. The van der Waals surface area contributed by atoms with Gasteiger partial charge in [-0.25, -0.2) is 8.42 Å². The van der Waals surface area contributed by atoms with Gasteiger partial charge in [0, 0.05) is 23.2 Å².